The van der Waals surface area contributed by atoms with Gasteiger partial charge in [-0.1, -0.05) is 91.1 Å². The van der Waals surface area contributed by atoms with Crippen LogP contribution in [0.25, 0.3) is 0 Å². The van der Waals surface area contributed by atoms with Crippen LogP contribution in [0.4, 0.5) is 0 Å². The number of hydrogen-bond donors (Lipinski definition) is 4. The molecule has 5 rings (SSSR count). The number of nitrogens with zero attached hydrogens (tertiary/aromatic N) is 3. The number of likely N-dealkylation sites (tertiary alicyclic amines) is 1. The second-order valence-corrected chi connectivity index (χ2v) is 19.7. The van der Waals surface area contributed by atoms with Gasteiger partial charge in [0.15, 0.2) is 0 Å². The minimum absolute atomic E-state index is 0.0472. The molecule has 14 nitrogen and oxygen atoms in total. The number of rotatable bonds is 19. The van der Waals surface area contributed by atoms with Crippen molar-refractivity contribution in [1.82, 2.24) is 20.9 Å². The van der Waals surface area contributed by atoms with Gasteiger partial charge in [-0.15, -0.1) is 0 Å². The summed E-state index contributed by atoms with van der Waals surface area (Å²) in [4.78, 5) is 55.0. The van der Waals surface area contributed by atoms with Crippen LogP contribution in [0, 0.1) is 38.9 Å². The van der Waals surface area contributed by atoms with Crippen LogP contribution in [0.15, 0.2) is 60.7 Å². The van der Waals surface area contributed by atoms with Gasteiger partial charge in [0, 0.05) is 60.2 Å². The number of methoxy groups -OCH3 is 1. The molecule has 3 aromatic rings. The molecule has 0 radical (unpaired) electrons. The van der Waals surface area contributed by atoms with Gasteiger partial charge in [-0.25, -0.2) is 0 Å². The Balaban J connectivity index is 1.00. The second-order valence-electron chi connectivity index (χ2n) is 19.3. The molecule has 0 spiro atoms. The van der Waals surface area contributed by atoms with Crippen LogP contribution >= 0.6 is 11.6 Å². The predicted molar refractivity (Wildman–Crippen MR) is 246 cm³/mol. The number of nitrogens with one attached hydrogen (secondary N) is 3. The topological polar surface area (TPSA) is 203 Å². The molecule has 348 valence electrons. The largest absolute Gasteiger partial charge is 0.496 e. The van der Waals surface area contributed by atoms with Crippen LogP contribution in [0.1, 0.15) is 113 Å². The van der Waals surface area contributed by atoms with E-state index in [1.54, 1.807) is 36.4 Å². The molecule has 4 N–H and O–H groups in total. The Hall–Kier alpha value is -5.67. The molecular formula is C50H63ClN6O8. The van der Waals surface area contributed by atoms with Crippen molar-refractivity contribution in [2.45, 2.75) is 124 Å². The highest BCUT2D eigenvalue weighted by Gasteiger charge is 2.64. The average Bonchev–Trinajstić information content (AvgIpc) is 3.67. The molecule has 1 saturated heterocycles. The first kappa shape index (κ1) is 50.3. The van der Waals surface area contributed by atoms with Crippen LogP contribution in [0.5, 0.6) is 11.5 Å². The molecule has 1 heterocycles. The zero-order chi connectivity index (χ0) is 47.7. The van der Waals surface area contributed by atoms with Crippen molar-refractivity contribution in [2.75, 3.05) is 26.9 Å². The van der Waals surface area contributed by atoms with E-state index in [1.165, 1.54) is 12.0 Å². The van der Waals surface area contributed by atoms with Crippen LogP contribution in [0.2, 0.25) is 5.02 Å². The fraction of sp³-hybridized carbons (Fsp3) is 0.520. The van der Waals surface area contributed by atoms with E-state index in [2.05, 4.69) is 55.8 Å². The number of amides is 4. The highest BCUT2D eigenvalue weighted by molar-refractivity contribution is 6.31. The minimum atomic E-state index is -0.973. The molecule has 1 saturated carbocycles. The Morgan fingerprint density at radius 1 is 0.938 bits per heavy atom. The third kappa shape index (κ3) is 12.4. The van der Waals surface area contributed by atoms with Crippen LogP contribution < -0.4 is 25.4 Å². The van der Waals surface area contributed by atoms with E-state index in [9.17, 15) is 34.8 Å². The predicted octanol–water partition coefficient (Wildman–Crippen LogP) is 6.63. The molecule has 1 aliphatic heterocycles. The van der Waals surface area contributed by atoms with Crippen molar-refractivity contribution < 1.29 is 38.5 Å². The number of ether oxygens (including phenoxy) is 3. The summed E-state index contributed by atoms with van der Waals surface area (Å²) in [7, 11) is 1.47. The molecule has 0 bridgehead atoms. The van der Waals surface area contributed by atoms with Crippen molar-refractivity contribution in [3.63, 3.8) is 0 Å². The maximum absolute atomic E-state index is 13.9. The number of unbranched alkanes of at least 4 members (excludes halogenated alkanes) is 3. The summed E-state index contributed by atoms with van der Waals surface area (Å²) < 4.78 is 17.4. The van der Waals surface area contributed by atoms with Crippen LogP contribution in [0.3, 0.4) is 0 Å². The normalized spacial score (nSPS) is 20.0. The van der Waals surface area contributed by atoms with Crippen LogP contribution in [-0.4, -0.2) is 90.8 Å². The Morgan fingerprint density at radius 2 is 1.63 bits per heavy atom. The van der Waals surface area contributed by atoms with E-state index < -0.39 is 41.3 Å². The highest BCUT2D eigenvalue weighted by Crippen LogP contribution is 2.55. The number of benzene rings is 3. The number of carbonyl (C=O) groups is 4. The lowest BCUT2D eigenvalue weighted by atomic mass is 9.49. The van der Waals surface area contributed by atoms with Gasteiger partial charge >= 0.3 is 0 Å². The average molecular weight is 912 g/mol. The van der Waals surface area contributed by atoms with Gasteiger partial charge in [-0.3, -0.25) is 19.2 Å². The highest BCUT2D eigenvalue weighted by atomic mass is 35.5. The molecule has 2 fully saturated rings. The van der Waals surface area contributed by atoms with Crippen molar-refractivity contribution in [3.05, 3.63) is 93.5 Å². The third-order valence-corrected chi connectivity index (χ3v) is 12.8. The molecule has 3 aromatic carbocycles. The number of β-amino-alcohol motifs (C(OH)–C–C–N with tert-alkyl or cyclic N) is 1. The van der Waals surface area contributed by atoms with Crippen molar-refractivity contribution in [1.29, 1.82) is 10.5 Å². The monoisotopic (exact) mass is 910 g/mol. The standard InChI is InChI=1S/C50H63ClN6O8/c1-48(2,3)42(45(62)57-29-36(58)24-39(57)44(61)54-28-35-19-16-32(26-52)23-40(35)63-8)55-41(59)30-64-22-12-10-9-11-13-31-14-17-33(18-15-31)43(60)56-46-49(4,5)47(50(46,6)7)65-37-21-20-34(27-53)38(51)25-37/h14-21,23,25,36,39,42,46-47,58H,9-13,22,24,28-30H2,1-8H3,(H,54,61)(H,55,59)(H,56,60)/t36-,39+,42-,46?,47?/m1/s1. The van der Waals surface area contributed by atoms with E-state index in [1.807, 2.05) is 45.0 Å². The lowest BCUT2D eigenvalue weighted by Crippen LogP contribution is -2.74. The van der Waals surface area contributed by atoms with E-state index in [0.717, 1.165) is 37.7 Å². The zero-order valence-electron chi connectivity index (χ0n) is 38.8. The Labute approximate surface area is 387 Å². The third-order valence-electron chi connectivity index (χ3n) is 12.5. The number of nitriles is 2. The summed E-state index contributed by atoms with van der Waals surface area (Å²) in [5, 5.41) is 38.1. The maximum Gasteiger partial charge on any atom is 0.251 e. The van der Waals surface area contributed by atoms with E-state index >= 15 is 0 Å². The summed E-state index contributed by atoms with van der Waals surface area (Å²) >= 11 is 6.24. The van der Waals surface area contributed by atoms with Gasteiger partial charge in [0.25, 0.3) is 5.91 Å². The lowest BCUT2D eigenvalue weighted by molar-refractivity contribution is -0.164. The Bertz CT molecular complexity index is 2260. The molecule has 2 aliphatic rings. The minimum Gasteiger partial charge on any atom is -0.496 e. The number of aliphatic hydroxyl groups excluding tert-OH is 1. The second kappa shape index (κ2) is 21.5. The molecule has 3 atom stereocenters. The lowest BCUT2D eigenvalue weighted by Gasteiger charge is -2.63. The zero-order valence-corrected chi connectivity index (χ0v) is 39.5. The smallest absolute Gasteiger partial charge is 0.251 e. The number of halogens is 1. The van der Waals surface area contributed by atoms with Gasteiger partial charge < -0.3 is 40.2 Å². The summed E-state index contributed by atoms with van der Waals surface area (Å²) in [6.07, 6.45) is 3.37. The number of aliphatic hydroxyl groups is 1. The van der Waals surface area contributed by atoms with E-state index in [4.69, 9.17) is 25.8 Å². The Kier molecular flexibility index (Phi) is 16.7. The van der Waals surface area contributed by atoms with E-state index in [0.29, 0.717) is 45.4 Å². The van der Waals surface area contributed by atoms with Crippen molar-refractivity contribution in [3.8, 4) is 23.6 Å². The molecular weight excluding hydrogens is 848 g/mol. The quantitative estimate of drug-likeness (QED) is 0.0946. The van der Waals surface area contributed by atoms with Gasteiger partial charge in [-0.05, 0) is 66.6 Å². The summed E-state index contributed by atoms with van der Waals surface area (Å²) in [6.45, 7) is 14.0. The fourth-order valence-electron chi connectivity index (χ4n) is 9.27. The summed E-state index contributed by atoms with van der Waals surface area (Å²) in [6, 6.07) is 19.7. The first-order chi connectivity index (χ1) is 30.7. The maximum atomic E-state index is 13.9. The summed E-state index contributed by atoms with van der Waals surface area (Å²) in [5.74, 6) is -0.483. The molecule has 65 heavy (non-hydrogen) atoms. The van der Waals surface area contributed by atoms with E-state index in [-0.39, 0.29) is 55.0 Å². The van der Waals surface area contributed by atoms with Gasteiger partial charge in [-0.2, -0.15) is 10.5 Å². The molecule has 1 aliphatic carbocycles. The summed E-state index contributed by atoms with van der Waals surface area (Å²) in [5.41, 5.74) is 1.73. The fourth-order valence-corrected chi connectivity index (χ4v) is 9.48. The number of carbonyl (C=O) groups excluding carboxylic acids is 4. The molecule has 4 amide bonds. The number of aryl methyl sites for hydroxylation is 1. The van der Waals surface area contributed by atoms with Crippen molar-refractivity contribution >= 4 is 35.2 Å². The first-order valence-electron chi connectivity index (χ1n) is 22.2. The van der Waals surface area contributed by atoms with Crippen molar-refractivity contribution in [2.24, 2.45) is 16.2 Å². The van der Waals surface area contributed by atoms with Gasteiger partial charge in [0.1, 0.15) is 42.4 Å². The SMILES string of the molecule is COc1cc(C#N)ccc1CNC(=O)[C@@H]1C[C@@H](O)CN1C(=O)[C@@H](NC(=O)COCCCCCCc1ccc(C(=O)NC2C(C)(C)C(Oc3ccc(C#N)c(Cl)c3)C2(C)C)cc1)C(C)(C)C. The van der Waals surface area contributed by atoms with Crippen LogP contribution in [-0.2, 0) is 32.1 Å². The molecule has 15 heteroatoms. The van der Waals surface area contributed by atoms with Gasteiger partial charge in [0.05, 0.1) is 35.4 Å². The molecule has 0 unspecified atom stereocenters. The first-order valence-corrected chi connectivity index (χ1v) is 22.6. The van der Waals surface area contributed by atoms with Gasteiger partial charge in [0.2, 0.25) is 17.7 Å². The number of hydrogen-bond acceptors (Lipinski definition) is 10. The Morgan fingerprint density at radius 3 is 2.26 bits per heavy atom. The molecule has 0 aromatic heterocycles.